The molecule has 0 bridgehead atoms. The van der Waals surface area contributed by atoms with Gasteiger partial charge in [-0.2, -0.15) is 0 Å². The van der Waals surface area contributed by atoms with Crippen molar-refractivity contribution >= 4 is 29.1 Å². The van der Waals surface area contributed by atoms with E-state index in [-0.39, 0.29) is 5.91 Å². The van der Waals surface area contributed by atoms with E-state index in [1.807, 2.05) is 18.2 Å². The Morgan fingerprint density at radius 2 is 1.68 bits per heavy atom. The fourth-order valence-corrected chi connectivity index (χ4v) is 2.96. The zero-order valence-electron chi connectivity index (χ0n) is 11.8. The number of anilines is 1. The number of amides is 2. The monoisotopic (exact) mass is 314 g/mol. The van der Waals surface area contributed by atoms with Crippen molar-refractivity contribution < 1.29 is 9.59 Å². The molecule has 1 fully saturated rings. The lowest BCUT2D eigenvalue weighted by Crippen LogP contribution is -2.29. The minimum Gasteiger partial charge on any atom is -0.366 e. The molecule has 5 heteroatoms. The largest absolute Gasteiger partial charge is 0.366 e. The fraction of sp³-hybridized carbons (Fsp3) is 0.176. The van der Waals surface area contributed by atoms with Gasteiger partial charge in [0.25, 0.3) is 5.91 Å². The molecule has 4 nitrogen and oxygen atoms in total. The molecule has 1 saturated carbocycles. The summed E-state index contributed by atoms with van der Waals surface area (Å²) in [6, 6.07) is 14.1. The second kappa shape index (κ2) is 5.46. The van der Waals surface area contributed by atoms with Crippen LogP contribution in [0.5, 0.6) is 0 Å². The molecule has 0 aliphatic heterocycles. The SMILES string of the molecule is NC(=O)c1ccccc1NC(=O)C1(c2ccccc2Cl)CC1. The maximum atomic E-state index is 12.7. The molecule has 2 aromatic rings. The highest BCUT2D eigenvalue weighted by Gasteiger charge is 2.52. The molecule has 1 aliphatic rings. The minimum absolute atomic E-state index is 0.158. The van der Waals surface area contributed by atoms with Crippen LogP contribution in [0.4, 0.5) is 5.69 Å². The van der Waals surface area contributed by atoms with E-state index in [1.54, 1.807) is 30.3 Å². The number of halogens is 1. The summed E-state index contributed by atoms with van der Waals surface area (Å²) in [5.74, 6) is -0.729. The van der Waals surface area contributed by atoms with E-state index >= 15 is 0 Å². The fourth-order valence-electron chi connectivity index (χ4n) is 2.64. The van der Waals surface area contributed by atoms with Crippen LogP contribution in [0.15, 0.2) is 48.5 Å². The molecule has 0 radical (unpaired) electrons. The topological polar surface area (TPSA) is 72.2 Å². The number of benzene rings is 2. The lowest BCUT2D eigenvalue weighted by molar-refractivity contribution is -0.118. The summed E-state index contributed by atoms with van der Waals surface area (Å²) >= 11 is 6.22. The number of rotatable bonds is 4. The van der Waals surface area contributed by atoms with Crippen molar-refractivity contribution in [2.75, 3.05) is 5.32 Å². The van der Waals surface area contributed by atoms with E-state index in [2.05, 4.69) is 5.32 Å². The first-order valence-corrected chi connectivity index (χ1v) is 7.38. The van der Waals surface area contributed by atoms with Crippen LogP contribution in [0.1, 0.15) is 28.8 Å². The number of nitrogens with one attached hydrogen (secondary N) is 1. The number of carbonyl (C=O) groups excluding carboxylic acids is 2. The molecule has 22 heavy (non-hydrogen) atoms. The van der Waals surface area contributed by atoms with Crippen LogP contribution in [0.3, 0.4) is 0 Å². The van der Waals surface area contributed by atoms with Gasteiger partial charge >= 0.3 is 0 Å². The average Bonchev–Trinajstić information content (AvgIpc) is 3.29. The Hall–Kier alpha value is -2.33. The van der Waals surface area contributed by atoms with E-state index in [1.165, 1.54) is 0 Å². The highest BCUT2D eigenvalue weighted by Crippen LogP contribution is 2.51. The van der Waals surface area contributed by atoms with Crippen LogP contribution >= 0.6 is 11.6 Å². The molecule has 0 atom stereocenters. The summed E-state index contributed by atoms with van der Waals surface area (Å²) in [6.07, 6.45) is 1.47. The van der Waals surface area contributed by atoms with Crippen molar-refractivity contribution in [1.82, 2.24) is 0 Å². The predicted octanol–water partition coefficient (Wildman–Crippen LogP) is 3.11. The Balaban J connectivity index is 1.90. The molecule has 0 saturated heterocycles. The molecule has 0 heterocycles. The highest BCUT2D eigenvalue weighted by molar-refractivity contribution is 6.32. The van der Waals surface area contributed by atoms with Crippen LogP contribution in [-0.4, -0.2) is 11.8 Å². The standard InChI is InChI=1S/C17H15ClN2O2/c18-13-7-3-2-6-12(13)17(9-10-17)16(22)20-14-8-4-1-5-11(14)15(19)21/h1-8H,9-10H2,(H2,19,21)(H,20,22). The number of para-hydroxylation sites is 1. The second-order valence-electron chi connectivity index (χ2n) is 5.43. The van der Waals surface area contributed by atoms with E-state index in [9.17, 15) is 9.59 Å². The molecule has 2 amide bonds. The maximum absolute atomic E-state index is 12.7. The lowest BCUT2D eigenvalue weighted by Gasteiger charge is -2.18. The van der Waals surface area contributed by atoms with Gasteiger partial charge in [-0.1, -0.05) is 41.9 Å². The van der Waals surface area contributed by atoms with Gasteiger partial charge in [-0.15, -0.1) is 0 Å². The van der Waals surface area contributed by atoms with Gasteiger partial charge in [0.05, 0.1) is 16.7 Å². The van der Waals surface area contributed by atoms with E-state index in [0.717, 1.165) is 18.4 Å². The van der Waals surface area contributed by atoms with Gasteiger partial charge in [0.2, 0.25) is 5.91 Å². The Bertz CT molecular complexity index is 754. The Morgan fingerprint density at radius 3 is 2.32 bits per heavy atom. The Labute approximate surface area is 133 Å². The predicted molar refractivity (Wildman–Crippen MR) is 86.0 cm³/mol. The number of primary amides is 1. The molecule has 3 rings (SSSR count). The number of nitrogens with two attached hydrogens (primary N) is 1. The van der Waals surface area contributed by atoms with Gasteiger partial charge in [-0.25, -0.2) is 0 Å². The zero-order chi connectivity index (χ0) is 15.7. The third-order valence-electron chi connectivity index (χ3n) is 4.01. The Morgan fingerprint density at radius 1 is 1.05 bits per heavy atom. The summed E-state index contributed by atoms with van der Waals surface area (Å²) in [6.45, 7) is 0. The molecule has 0 spiro atoms. The number of hydrogen-bond donors (Lipinski definition) is 2. The zero-order valence-corrected chi connectivity index (χ0v) is 12.6. The molecular weight excluding hydrogens is 300 g/mol. The van der Waals surface area contributed by atoms with Gasteiger partial charge < -0.3 is 11.1 Å². The smallest absolute Gasteiger partial charge is 0.250 e. The highest BCUT2D eigenvalue weighted by atomic mass is 35.5. The van der Waals surface area contributed by atoms with Crippen LogP contribution in [0.25, 0.3) is 0 Å². The van der Waals surface area contributed by atoms with Crippen molar-refractivity contribution in [3.63, 3.8) is 0 Å². The van der Waals surface area contributed by atoms with Crippen LogP contribution < -0.4 is 11.1 Å². The molecule has 3 N–H and O–H groups in total. The summed E-state index contributed by atoms with van der Waals surface area (Å²) in [7, 11) is 0. The molecule has 0 aromatic heterocycles. The van der Waals surface area contributed by atoms with E-state index in [0.29, 0.717) is 16.3 Å². The minimum atomic E-state index is -0.608. The van der Waals surface area contributed by atoms with E-state index in [4.69, 9.17) is 17.3 Å². The first-order chi connectivity index (χ1) is 10.5. The van der Waals surface area contributed by atoms with Crippen molar-refractivity contribution in [2.45, 2.75) is 18.3 Å². The average molecular weight is 315 g/mol. The molecule has 0 unspecified atom stereocenters. The second-order valence-corrected chi connectivity index (χ2v) is 5.83. The quantitative estimate of drug-likeness (QED) is 0.910. The summed E-state index contributed by atoms with van der Waals surface area (Å²) in [5, 5.41) is 3.40. The van der Waals surface area contributed by atoms with E-state index < -0.39 is 11.3 Å². The third-order valence-corrected chi connectivity index (χ3v) is 4.34. The normalized spacial score (nSPS) is 15.1. The van der Waals surface area contributed by atoms with Crippen LogP contribution in [-0.2, 0) is 10.2 Å². The summed E-state index contributed by atoms with van der Waals surface area (Å²) in [4.78, 5) is 24.1. The van der Waals surface area contributed by atoms with Crippen molar-refractivity contribution in [1.29, 1.82) is 0 Å². The van der Waals surface area contributed by atoms with Gasteiger partial charge in [-0.05, 0) is 36.6 Å². The van der Waals surface area contributed by atoms with Crippen molar-refractivity contribution in [2.24, 2.45) is 5.73 Å². The number of hydrogen-bond acceptors (Lipinski definition) is 2. The number of carbonyl (C=O) groups is 2. The van der Waals surface area contributed by atoms with Gasteiger partial charge in [0.1, 0.15) is 0 Å². The Kier molecular flexibility index (Phi) is 3.62. The van der Waals surface area contributed by atoms with Crippen molar-refractivity contribution in [3.05, 3.63) is 64.7 Å². The molecular formula is C17H15ClN2O2. The first-order valence-electron chi connectivity index (χ1n) is 7.00. The van der Waals surface area contributed by atoms with Gasteiger partial charge in [0, 0.05) is 5.02 Å². The van der Waals surface area contributed by atoms with Gasteiger partial charge in [-0.3, -0.25) is 9.59 Å². The van der Waals surface area contributed by atoms with Crippen LogP contribution in [0.2, 0.25) is 5.02 Å². The van der Waals surface area contributed by atoms with Gasteiger partial charge in [0.15, 0.2) is 0 Å². The summed E-state index contributed by atoms with van der Waals surface area (Å²) < 4.78 is 0. The maximum Gasteiger partial charge on any atom is 0.250 e. The molecule has 2 aromatic carbocycles. The van der Waals surface area contributed by atoms with Crippen LogP contribution in [0, 0.1) is 0 Å². The summed E-state index contributed by atoms with van der Waals surface area (Å²) in [5.41, 5.74) is 6.28. The molecule has 1 aliphatic carbocycles. The molecule has 112 valence electrons. The lowest BCUT2D eigenvalue weighted by atomic mass is 9.94. The first kappa shape index (κ1) is 14.6. The van der Waals surface area contributed by atoms with Crippen molar-refractivity contribution in [3.8, 4) is 0 Å². The third kappa shape index (κ3) is 2.46.